The second-order valence-corrected chi connectivity index (χ2v) is 0. The fraction of sp³-hybridized carbons (Fsp3) is 0. The minimum absolute atomic E-state index is 0. The van der Waals surface area contributed by atoms with Gasteiger partial charge in [-0.3, -0.25) is 0 Å². The van der Waals surface area contributed by atoms with Gasteiger partial charge in [0.05, 0.1) is 0 Å². The van der Waals surface area contributed by atoms with Crippen LogP contribution >= 0.6 is 0 Å². The van der Waals surface area contributed by atoms with Crippen molar-refractivity contribution in [2.24, 2.45) is 0 Å². The van der Waals surface area contributed by atoms with Gasteiger partial charge in [0.15, 0.2) is 0 Å². The van der Waals surface area contributed by atoms with E-state index in [1.54, 1.807) is 0 Å². The molecule has 0 atom stereocenters. The standard InChI is InChI=1S/7HI.Sc.Th/h7*1H;;/q;;;;;;;+3;+4/p-7. The third-order valence-electron chi connectivity index (χ3n) is 0. The Kier molecular flexibility index (Phi) is 467. The van der Waals surface area contributed by atoms with E-state index in [-0.39, 0.29) is 234 Å². The van der Waals surface area contributed by atoms with Gasteiger partial charge in [-0.2, -0.15) is 0 Å². The van der Waals surface area contributed by atoms with Crippen LogP contribution in [-0.4, -0.2) is 0 Å². The Labute approximate surface area is 226 Å². The third-order valence-corrected chi connectivity index (χ3v) is 0. The molecule has 0 fully saturated rings. The molecule has 0 aromatic heterocycles. The number of halogens is 7. The summed E-state index contributed by atoms with van der Waals surface area (Å²) in [5, 5.41) is 0. The minimum Gasteiger partial charge on any atom is -1.00 e. The van der Waals surface area contributed by atoms with Gasteiger partial charge in [0, 0.05) is 0 Å². The molecule has 56 valence electrons. The molecule has 0 aliphatic rings. The van der Waals surface area contributed by atoms with Crippen molar-refractivity contribution in [1.82, 2.24) is 0 Å². The number of hydrogen-bond donors (Lipinski definition) is 0. The fourth-order valence-electron chi connectivity index (χ4n) is 0. The first-order valence-corrected chi connectivity index (χ1v) is 0. The summed E-state index contributed by atoms with van der Waals surface area (Å²) < 4.78 is 0. The van der Waals surface area contributed by atoms with E-state index in [1.165, 1.54) is 0 Å². The maximum Gasteiger partial charge on any atom is 4.00 e. The van der Waals surface area contributed by atoms with Gasteiger partial charge < -0.3 is 168 Å². The van der Waals surface area contributed by atoms with Crippen LogP contribution in [-0.2, 0) is 25.8 Å². The van der Waals surface area contributed by atoms with E-state index in [9.17, 15) is 0 Å². The Hall–Kier alpha value is 7.30. The average Bonchev–Trinajstić information content (AvgIpc) is 0. The second kappa shape index (κ2) is 58.7. The van der Waals surface area contributed by atoms with E-state index >= 15 is 0 Å². The molecule has 0 heterocycles. The molecular formula is I7ScTh. The first-order chi connectivity index (χ1) is 0. The summed E-state index contributed by atoms with van der Waals surface area (Å²) in [4.78, 5) is 0. The molecule has 0 bridgehead atoms. The zero-order chi connectivity index (χ0) is 0. The van der Waals surface area contributed by atoms with E-state index in [0.29, 0.717) is 0 Å². The minimum atomic E-state index is 0. The normalized spacial score (nSPS) is 0. The van der Waals surface area contributed by atoms with E-state index in [0.717, 1.165) is 0 Å². The molecule has 0 unspecified atom stereocenters. The molecule has 0 aromatic rings. The largest absolute Gasteiger partial charge is 4.00 e. The average molecular weight is 1170 g/mol. The molecule has 0 spiro atoms. The van der Waals surface area contributed by atoms with Crippen LogP contribution in [0.3, 0.4) is 0 Å². The van der Waals surface area contributed by atoms with Crippen LogP contribution in [0.2, 0.25) is 0 Å². The molecule has 0 saturated carbocycles. The van der Waals surface area contributed by atoms with Gasteiger partial charge in [0.1, 0.15) is 0 Å². The number of rotatable bonds is 0. The summed E-state index contributed by atoms with van der Waals surface area (Å²) in [5.41, 5.74) is 0. The maximum atomic E-state index is 0. The Morgan fingerprint density at radius 3 is 0.333 bits per heavy atom. The van der Waals surface area contributed by atoms with Gasteiger partial charge in [-0.15, -0.1) is 0 Å². The van der Waals surface area contributed by atoms with Crippen LogP contribution in [0.4, 0.5) is 0 Å². The molecule has 0 aromatic carbocycles. The van der Waals surface area contributed by atoms with Crippen LogP contribution in [0.25, 0.3) is 0 Å². The quantitative estimate of drug-likeness (QED) is 0.212. The summed E-state index contributed by atoms with van der Waals surface area (Å²) in [5.74, 6) is 0. The summed E-state index contributed by atoms with van der Waals surface area (Å²) in [6.07, 6.45) is 0. The van der Waals surface area contributed by atoms with Crippen molar-refractivity contribution in [2.75, 3.05) is 0 Å². The van der Waals surface area contributed by atoms with Gasteiger partial charge in [0.25, 0.3) is 0 Å². The predicted octanol–water partition coefficient (Wildman–Crippen LogP) is -21.0. The van der Waals surface area contributed by atoms with Crippen molar-refractivity contribution >= 4 is 0 Å². The Morgan fingerprint density at radius 1 is 0.333 bits per heavy atom. The monoisotopic (exact) mass is 1170 g/mol. The molecule has 9 heavy (non-hydrogen) atoms. The summed E-state index contributed by atoms with van der Waals surface area (Å²) >= 11 is 0. The van der Waals surface area contributed by atoms with Crippen molar-refractivity contribution in [3.8, 4) is 0 Å². The van der Waals surface area contributed by atoms with E-state index < -0.39 is 0 Å². The van der Waals surface area contributed by atoms with Crippen molar-refractivity contribution in [2.45, 2.75) is 0 Å². The van der Waals surface area contributed by atoms with Gasteiger partial charge in [-0.25, -0.2) is 0 Å². The second-order valence-electron chi connectivity index (χ2n) is 0. The van der Waals surface area contributed by atoms with Crippen LogP contribution in [0.5, 0.6) is 0 Å². The van der Waals surface area contributed by atoms with Crippen molar-refractivity contribution in [3.05, 3.63) is 0 Å². The molecule has 0 saturated heterocycles. The fourth-order valence-corrected chi connectivity index (χ4v) is 0. The molecule has 0 amide bonds. The molecule has 0 aliphatic carbocycles. The molecule has 0 rings (SSSR count). The molecular weight excluding hydrogens is 1170 g/mol. The van der Waals surface area contributed by atoms with Gasteiger partial charge >= 0.3 is 65.8 Å². The first-order valence-electron chi connectivity index (χ1n) is 0. The topological polar surface area (TPSA) is 0 Å². The molecule has 0 radical (unpaired) electrons. The first kappa shape index (κ1) is 71.6. The van der Waals surface area contributed by atoms with Gasteiger partial charge in [-0.05, 0) is 0 Å². The van der Waals surface area contributed by atoms with Crippen LogP contribution < -0.4 is 168 Å². The zero-order valence-corrected chi connectivity index (χ0v) is 24.7. The summed E-state index contributed by atoms with van der Waals surface area (Å²) in [7, 11) is 0. The van der Waals surface area contributed by atoms with Crippen molar-refractivity contribution < 1.29 is 234 Å². The Morgan fingerprint density at radius 2 is 0.333 bits per heavy atom. The van der Waals surface area contributed by atoms with E-state index in [4.69, 9.17) is 0 Å². The number of hydrogen-bond acceptors (Lipinski definition) is 0. The smallest absolute Gasteiger partial charge is 1.00 e. The molecule has 0 N–H and O–H groups in total. The predicted molar refractivity (Wildman–Crippen MR) is 0 cm³/mol. The van der Waals surface area contributed by atoms with Gasteiger partial charge in [0.2, 0.25) is 0 Å². The van der Waals surface area contributed by atoms with Crippen LogP contribution in [0.1, 0.15) is 0 Å². The maximum absolute atomic E-state index is 0. The van der Waals surface area contributed by atoms with Gasteiger partial charge in [-0.1, -0.05) is 0 Å². The van der Waals surface area contributed by atoms with E-state index in [1.807, 2.05) is 0 Å². The van der Waals surface area contributed by atoms with Crippen LogP contribution in [0.15, 0.2) is 0 Å². The summed E-state index contributed by atoms with van der Waals surface area (Å²) in [6.45, 7) is 0. The third kappa shape index (κ3) is 50.8. The molecule has 9 heteroatoms. The zero-order valence-electron chi connectivity index (χ0n) is 3.72. The van der Waals surface area contributed by atoms with Crippen LogP contribution in [0, 0.1) is 39.9 Å². The molecule has 0 nitrogen and oxygen atoms in total. The van der Waals surface area contributed by atoms with E-state index in [2.05, 4.69) is 0 Å². The van der Waals surface area contributed by atoms with Crippen molar-refractivity contribution in [1.29, 1.82) is 0 Å². The molecule has 0 aliphatic heterocycles. The summed E-state index contributed by atoms with van der Waals surface area (Å²) in [6, 6.07) is 0. The SMILES string of the molecule is [I-].[I-].[I-].[I-].[I-].[I-].[I-].[Sc+3].[Th+4]. The van der Waals surface area contributed by atoms with Crippen molar-refractivity contribution in [3.63, 3.8) is 0 Å². The Bertz CT molecular complexity index is 8.88. The Balaban J connectivity index is 0.